The second-order valence-corrected chi connectivity index (χ2v) is 5.37. The average Bonchev–Trinajstić information content (AvgIpc) is 2.98. The number of ether oxygens (including phenoxy) is 2. The van der Waals surface area contributed by atoms with Crippen LogP contribution in [0.3, 0.4) is 0 Å². The molecule has 23 heavy (non-hydrogen) atoms. The molecule has 1 aromatic heterocycles. The van der Waals surface area contributed by atoms with Crippen LogP contribution in [0, 0.1) is 6.92 Å². The largest absolute Gasteiger partial charge is 0.504 e. The molecule has 1 heterocycles. The van der Waals surface area contributed by atoms with Crippen LogP contribution in [-0.2, 0) is 11.3 Å². The molecule has 2 aromatic rings. The first-order valence-electron chi connectivity index (χ1n) is 6.79. The molecule has 0 aliphatic heterocycles. The molecule has 0 aliphatic rings. The van der Waals surface area contributed by atoms with Crippen molar-refractivity contribution in [1.82, 2.24) is 10.4 Å². The monoisotopic (exact) mass is 335 g/mol. The topological polar surface area (TPSA) is 93.0 Å². The number of methoxy groups -OCH3 is 1. The molecule has 0 fully saturated rings. The van der Waals surface area contributed by atoms with Gasteiger partial charge in [-0.05, 0) is 24.6 Å². The molecule has 0 saturated carbocycles. The van der Waals surface area contributed by atoms with E-state index < -0.39 is 5.97 Å². The van der Waals surface area contributed by atoms with E-state index in [2.05, 4.69) is 15.5 Å². The third-order valence-electron chi connectivity index (χ3n) is 2.93. The number of aryl methyl sites for hydroxylation is 1. The lowest BCUT2D eigenvalue weighted by atomic mass is 10.2. The fourth-order valence-electron chi connectivity index (χ4n) is 1.75. The van der Waals surface area contributed by atoms with Crippen LogP contribution < -0.4 is 10.2 Å². The van der Waals surface area contributed by atoms with Crippen molar-refractivity contribution in [2.75, 3.05) is 13.7 Å². The van der Waals surface area contributed by atoms with Gasteiger partial charge in [-0.3, -0.25) is 0 Å². The number of aromatic nitrogens is 1. The normalized spacial score (nSPS) is 10.7. The van der Waals surface area contributed by atoms with Crippen molar-refractivity contribution in [3.8, 4) is 11.5 Å². The summed E-state index contributed by atoms with van der Waals surface area (Å²) in [4.78, 5) is 16.2. The van der Waals surface area contributed by atoms with Gasteiger partial charge in [0.2, 0.25) is 0 Å². The van der Waals surface area contributed by atoms with Crippen molar-refractivity contribution in [1.29, 1.82) is 0 Å². The smallest absolute Gasteiger partial charge is 0.350 e. The van der Waals surface area contributed by atoms with E-state index in [1.165, 1.54) is 24.7 Å². The molecule has 0 aliphatic carbocycles. The predicted molar refractivity (Wildman–Crippen MR) is 87.1 cm³/mol. The fourth-order valence-corrected chi connectivity index (χ4v) is 2.44. The lowest BCUT2D eigenvalue weighted by Gasteiger charge is -2.06. The minimum Gasteiger partial charge on any atom is -0.504 e. The Balaban J connectivity index is 1.73. The van der Waals surface area contributed by atoms with E-state index in [4.69, 9.17) is 9.47 Å². The summed E-state index contributed by atoms with van der Waals surface area (Å²) in [6.07, 6.45) is 1.46. The lowest BCUT2D eigenvalue weighted by Crippen LogP contribution is -2.10. The Morgan fingerprint density at radius 1 is 1.52 bits per heavy atom. The molecule has 7 nitrogen and oxygen atoms in total. The van der Waals surface area contributed by atoms with E-state index in [0.717, 1.165) is 5.56 Å². The molecular formula is C15H17N3O4S. The van der Waals surface area contributed by atoms with Gasteiger partial charge in [0.05, 0.1) is 31.1 Å². The summed E-state index contributed by atoms with van der Waals surface area (Å²) < 4.78 is 10.1. The van der Waals surface area contributed by atoms with Gasteiger partial charge in [0.25, 0.3) is 0 Å². The molecule has 8 heteroatoms. The van der Waals surface area contributed by atoms with Crippen LogP contribution in [0.25, 0.3) is 0 Å². The number of hydrogen-bond donors (Lipinski definition) is 2. The highest BCUT2D eigenvalue weighted by molar-refractivity contribution is 7.11. The number of hydrogen-bond acceptors (Lipinski definition) is 8. The van der Waals surface area contributed by atoms with E-state index in [9.17, 15) is 9.90 Å². The molecule has 0 unspecified atom stereocenters. The number of aromatic hydroxyl groups is 1. The maximum atomic E-state index is 11.7. The first-order chi connectivity index (χ1) is 11.1. The number of phenols is 1. The lowest BCUT2D eigenvalue weighted by molar-refractivity contribution is 0.0571. The molecule has 0 radical (unpaired) electrons. The third kappa shape index (κ3) is 4.68. The van der Waals surface area contributed by atoms with E-state index in [1.807, 2.05) is 0 Å². The second kappa shape index (κ2) is 8.14. The Morgan fingerprint density at radius 2 is 2.35 bits per heavy atom. The van der Waals surface area contributed by atoms with Gasteiger partial charge in [0.15, 0.2) is 11.5 Å². The molecule has 0 atom stereocenters. The number of phenolic OH excluding ortho intramolecular Hbond substituents is 1. The third-order valence-corrected chi connectivity index (χ3v) is 3.84. The van der Waals surface area contributed by atoms with E-state index >= 15 is 0 Å². The van der Waals surface area contributed by atoms with Gasteiger partial charge in [-0.2, -0.15) is 5.10 Å². The van der Waals surface area contributed by atoms with Crippen LogP contribution in [0.2, 0.25) is 0 Å². The summed E-state index contributed by atoms with van der Waals surface area (Å²) in [5.74, 6) is 0.0897. The molecular weight excluding hydrogens is 318 g/mol. The predicted octanol–water partition coefficient (Wildman–Crippen LogP) is 2.10. The number of hydrazone groups is 1. The number of carbonyl (C=O) groups excluding carboxylic acids is 1. The molecule has 1 aromatic carbocycles. The first-order valence-corrected chi connectivity index (χ1v) is 7.67. The molecule has 0 bridgehead atoms. The van der Waals surface area contributed by atoms with Crippen molar-refractivity contribution in [2.24, 2.45) is 5.10 Å². The average molecular weight is 335 g/mol. The van der Waals surface area contributed by atoms with Crippen LogP contribution in [0.15, 0.2) is 28.8 Å². The minimum atomic E-state index is -0.403. The molecule has 0 amide bonds. The molecule has 2 N–H and O–H groups in total. The van der Waals surface area contributed by atoms with Crippen molar-refractivity contribution in [3.05, 3.63) is 39.8 Å². The summed E-state index contributed by atoms with van der Waals surface area (Å²) in [5, 5.41) is 13.5. The summed E-state index contributed by atoms with van der Waals surface area (Å²) in [7, 11) is 1.49. The van der Waals surface area contributed by atoms with Crippen LogP contribution in [-0.4, -0.2) is 36.0 Å². The highest BCUT2D eigenvalue weighted by atomic mass is 32.1. The standard InChI is InChI=1S/C15H17N3O4S/c1-10-14(23-9-16-10)15(20)22-6-5-17-18-8-11-3-4-12(19)13(7-11)21-2/h3-5,7,9,18-19H,6,8H2,1-2H3/b17-5+. The highest BCUT2D eigenvalue weighted by Crippen LogP contribution is 2.26. The van der Waals surface area contributed by atoms with E-state index in [-0.39, 0.29) is 12.4 Å². The highest BCUT2D eigenvalue weighted by Gasteiger charge is 2.12. The fraction of sp³-hybridized carbons (Fsp3) is 0.267. The maximum absolute atomic E-state index is 11.7. The van der Waals surface area contributed by atoms with Gasteiger partial charge in [0.1, 0.15) is 11.5 Å². The summed E-state index contributed by atoms with van der Waals surface area (Å²) >= 11 is 1.25. The minimum absolute atomic E-state index is 0.0715. The van der Waals surface area contributed by atoms with E-state index in [0.29, 0.717) is 22.9 Å². The number of rotatable bonds is 7. The molecule has 122 valence electrons. The van der Waals surface area contributed by atoms with Crippen molar-refractivity contribution < 1.29 is 19.4 Å². The van der Waals surface area contributed by atoms with Crippen LogP contribution in [0.5, 0.6) is 11.5 Å². The van der Waals surface area contributed by atoms with Crippen molar-refractivity contribution in [3.63, 3.8) is 0 Å². The van der Waals surface area contributed by atoms with Gasteiger partial charge in [-0.1, -0.05) is 6.07 Å². The number of nitrogens with one attached hydrogen (secondary N) is 1. The van der Waals surface area contributed by atoms with Gasteiger partial charge < -0.3 is 20.0 Å². The van der Waals surface area contributed by atoms with Gasteiger partial charge in [0, 0.05) is 0 Å². The Kier molecular flexibility index (Phi) is 5.93. The van der Waals surface area contributed by atoms with Crippen molar-refractivity contribution in [2.45, 2.75) is 13.5 Å². The zero-order valence-electron chi connectivity index (χ0n) is 12.8. The van der Waals surface area contributed by atoms with Gasteiger partial charge in [-0.25, -0.2) is 9.78 Å². The Bertz CT molecular complexity index is 700. The number of nitrogens with zero attached hydrogens (tertiary/aromatic N) is 2. The number of benzene rings is 1. The zero-order valence-corrected chi connectivity index (χ0v) is 13.6. The zero-order chi connectivity index (χ0) is 16.7. The Morgan fingerprint density at radius 3 is 3.04 bits per heavy atom. The second-order valence-electron chi connectivity index (χ2n) is 4.52. The molecule has 0 saturated heterocycles. The quantitative estimate of drug-likeness (QED) is 0.457. The van der Waals surface area contributed by atoms with Gasteiger partial charge in [-0.15, -0.1) is 11.3 Å². The van der Waals surface area contributed by atoms with Crippen LogP contribution >= 0.6 is 11.3 Å². The SMILES string of the molecule is COc1cc(CN/N=C/COC(=O)c2scnc2C)ccc1O. The summed E-state index contributed by atoms with van der Waals surface area (Å²) in [6.45, 7) is 2.28. The van der Waals surface area contributed by atoms with Gasteiger partial charge >= 0.3 is 5.97 Å². The molecule has 0 spiro atoms. The van der Waals surface area contributed by atoms with Crippen molar-refractivity contribution >= 4 is 23.5 Å². The van der Waals surface area contributed by atoms with Crippen LogP contribution in [0.1, 0.15) is 20.9 Å². The Labute approximate surface area is 137 Å². The first kappa shape index (κ1) is 16.8. The van der Waals surface area contributed by atoms with E-state index in [1.54, 1.807) is 30.6 Å². The Hall–Kier alpha value is -2.61. The number of thiazole rings is 1. The molecule has 2 rings (SSSR count). The number of esters is 1. The maximum Gasteiger partial charge on any atom is 0.350 e. The number of carbonyl (C=O) groups is 1. The summed E-state index contributed by atoms with van der Waals surface area (Å²) in [6, 6.07) is 5.02. The summed E-state index contributed by atoms with van der Waals surface area (Å²) in [5.41, 5.74) is 5.99. The van der Waals surface area contributed by atoms with Crippen LogP contribution in [0.4, 0.5) is 0 Å².